The van der Waals surface area contributed by atoms with Crippen molar-refractivity contribution in [2.75, 3.05) is 6.01 Å². The van der Waals surface area contributed by atoms with E-state index in [9.17, 15) is 22.4 Å². The molecule has 0 N–H and O–H groups in total. The van der Waals surface area contributed by atoms with Crippen LogP contribution in [0.2, 0.25) is 0 Å². The normalized spacial score (nSPS) is 37.7. The summed E-state index contributed by atoms with van der Waals surface area (Å²) in [6.45, 7) is 0. The smallest absolute Gasteiger partial charge is 0.318 e. The summed E-state index contributed by atoms with van der Waals surface area (Å²) >= 11 is 0. The van der Waals surface area contributed by atoms with Crippen LogP contribution >= 0.6 is 0 Å². The minimum atomic E-state index is -4.56. The average molecular weight is 277 g/mol. The van der Waals surface area contributed by atoms with E-state index in [0.29, 0.717) is 0 Å². The second-order valence-electron chi connectivity index (χ2n) is 4.21. The molecule has 9 heteroatoms. The Labute approximate surface area is 101 Å². The Kier molecular flexibility index (Phi) is 2.34. The van der Waals surface area contributed by atoms with E-state index in [1.54, 1.807) is 12.2 Å². The molecular formula is C9H8FNO6S. The molecule has 4 unspecified atom stereocenters. The fourth-order valence-corrected chi connectivity index (χ4v) is 2.90. The molecular weight excluding hydrogens is 269 g/mol. The number of halogens is 1. The van der Waals surface area contributed by atoms with Crippen LogP contribution < -0.4 is 0 Å². The van der Waals surface area contributed by atoms with Gasteiger partial charge in [0.25, 0.3) is 11.8 Å². The summed E-state index contributed by atoms with van der Waals surface area (Å²) in [5, 5.41) is 0.139. The van der Waals surface area contributed by atoms with Gasteiger partial charge < -0.3 is 4.74 Å². The summed E-state index contributed by atoms with van der Waals surface area (Å²) in [4.78, 5) is 23.7. The number of rotatable bonds is 3. The van der Waals surface area contributed by atoms with Crippen molar-refractivity contribution in [1.29, 1.82) is 0 Å². The van der Waals surface area contributed by atoms with Crippen molar-refractivity contribution in [3.63, 3.8) is 0 Å². The zero-order chi connectivity index (χ0) is 13.1. The zero-order valence-electron chi connectivity index (χ0n) is 8.85. The van der Waals surface area contributed by atoms with Crippen molar-refractivity contribution in [3.8, 4) is 0 Å². The first-order valence-electron chi connectivity index (χ1n) is 5.14. The van der Waals surface area contributed by atoms with E-state index in [2.05, 4.69) is 4.28 Å². The molecule has 2 amide bonds. The molecule has 0 spiro atoms. The Hall–Kier alpha value is -1.32. The summed E-state index contributed by atoms with van der Waals surface area (Å²) in [5.74, 6) is -3.16. The SMILES string of the molecule is O=C1C2C3C=CC(O3)C2C(=O)N1OS(=O)(=O)CF. The van der Waals surface area contributed by atoms with Gasteiger partial charge in [0, 0.05) is 0 Å². The summed E-state index contributed by atoms with van der Waals surface area (Å²) in [5.41, 5.74) is 0. The molecule has 3 heterocycles. The molecule has 3 rings (SSSR count). The lowest BCUT2D eigenvalue weighted by molar-refractivity contribution is -0.168. The van der Waals surface area contributed by atoms with Gasteiger partial charge in [-0.05, 0) is 0 Å². The molecule has 0 aromatic heterocycles. The van der Waals surface area contributed by atoms with Gasteiger partial charge in [0.05, 0.1) is 24.0 Å². The highest BCUT2D eigenvalue weighted by Gasteiger charge is 2.62. The number of nitrogens with zero attached hydrogens (tertiary/aromatic N) is 1. The third-order valence-electron chi connectivity index (χ3n) is 3.19. The van der Waals surface area contributed by atoms with Crippen LogP contribution in [-0.2, 0) is 28.7 Å². The minimum absolute atomic E-state index is 0.139. The molecule has 98 valence electrons. The first-order valence-corrected chi connectivity index (χ1v) is 6.72. The van der Waals surface area contributed by atoms with E-state index >= 15 is 0 Å². The highest BCUT2D eigenvalue weighted by Crippen LogP contribution is 2.45. The number of hydrogen-bond acceptors (Lipinski definition) is 6. The Balaban J connectivity index is 1.89. The summed E-state index contributed by atoms with van der Waals surface area (Å²) in [7, 11) is -4.56. The van der Waals surface area contributed by atoms with Crippen LogP contribution in [-0.4, -0.2) is 43.5 Å². The van der Waals surface area contributed by atoms with E-state index in [1.807, 2.05) is 0 Å². The molecule has 2 bridgehead atoms. The van der Waals surface area contributed by atoms with Crippen molar-refractivity contribution in [2.24, 2.45) is 11.8 Å². The number of ether oxygens (including phenoxy) is 1. The van der Waals surface area contributed by atoms with Crippen molar-refractivity contribution in [3.05, 3.63) is 12.2 Å². The van der Waals surface area contributed by atoms with Crippen molar-refractivity contribution < 1.29 is 31.4 Å². The first-order chi connectivity index (χ1) is 8.44. The van der Waals surface area contributed by atoms with Gasteiger partial charge in [0.2, 0.25) is 6.01 Å². The average Bonchev–Trinajstić information content (AvgIpc) is 2.99. The van der Waals surface area contributed by atoms with Crippen LogP contribution in [0.4, 0.5) is 4.39 Å². The predicted molar refractivity (Wildman–Crippen MR) is 52.6 cm³/mol. The Morgan fingerprint density at radius 1 is 1.22 bits per heavy atom. The standard InChI is InChI=1S/C9H8FNO6S/c10-3-18(14,15)17-11-8(12)6-4-1-2-5(16-4)7(6)9(11)13/h1-2,4-7H,3H2. The quantitative estimate of drug-likeness (QED) is 0.491. The maximum Gasteiger partial charge on any atom is 0.318 e. The van der Waals surface area contributed by atoms with E-state index in [0.717, 1.165) is 0 Å². The van der Waals surface area contributed by atoms with Gasteiger partial charge in [0.1, 0.15) is 0 Å². The Bertz CT molecular complexity index is 527. The van der Waals surface area contributed by atoms with Gasteiger partial charge in [-0.25, -0.2) is 4.39 Å². The van der Waals surface area contributed by atoms with Crippen molar-refractivity contribution in [2.45, 2.75) is 12.2 Å². The minimum Gasteiger partial charge on any atom is -0.365 e. The summed E-state index contributed by atoms with van der Waals surface area (Å²) in [6, 6.07) is -1.80. The number of carbonyl (C=O) groups is 2. The first kappa shape index (κ1) is 11.8. The van der Waals surface area contributed by atoms with Crippen LogP contribution in [0.3, 0.4) is 0 Å². The van der Waals surface area contributed by atoms with Gasteiger partial charge in [-0.3, -0.25) is 9.59 Å². The number of alkyl halides is 1. The predicted octanol–water partition coefficient (Wildman–Crippen LogP) is -0.887. The van der Waals surface area contributed by atoms with Crippen molar-refractivity contribution in [1.82, 2.24) is 5.06 Å². The number of hydroxylamine groups is 2. The lowest BCUT2D eigenvalue weighted by Gasteiger charge is -2.14. The van der Waals surface area contributed by atoms with Crippen molar-refractivity contribution >= 4 is 21.9 Å². The molecule has 3 aliphatic heterocycles. The number of amides is 2. The number of hydrogen-bond donors (Lipinski definition) is 0. The molecule has 0 radical (unpaired) electrons. The lowest BCUT2D eigenvalue weighted by Crippen LogP contribution is -2.36. The van der Waals surface area contributed by atoms with Gasteiger partial charge in [0.15, 0.2) is 0 Å². The second kappa shape index (κ2) is 3.59. The molecule has 7 nitrogen and oxygen atoms in total. The maximum absolute atomic E-state index is 12.1. The van der Waals surface area contributed by atoms with Gasteiger partial charge in [-0.1, -0.05) is 12.2 Å². The highest BCUT2D eigenvalue weighted by molar-refractivity contribution is 7.86. The molecule has 0 saturated carbocycles. The van der Waals surface area contributed by atoms with Gasteiger partial charge >= 0.3 is 10.1 Å². The van der Waals surface area contributed by atoms with E-state index in [1.165, 1.54) is 0 Å². The van der Waals surface area contributed by atoms with Crippen LogP contribution in [0.15, 0.2) is 12.2 Å². The van der Waals surface area contributed by atoms with Crippen LogP contribution in [0, 0.1) is 11.8 Å². The topological polar surface area (TPSA) is 90.0 Å². The molecule has 0 aliphatic carbocycles. The van der Waals surface area contributed by atoms with Gasteiger partial charge in [-0.15, -0.1) is 9.35 Å². The summed E-state index contributed by atoms with van der Waals surface area (Å²) in [6.07, 6.45) is 2.20. The van der Waals surface area contributed by atoms with Crippen LogP contribution in [0.1, 0.15) is 0 Å². The lowest BCUT2D eigenvalue weighted by atomic mass is 9.85. The molecule has 18 heavy (non-hydrogen) atoms. The molecule has 2 saturated heterocycles. The molecule has 2 fully saturated rings. The number of carbonyl (C=O) groups excluding carboxylic acids is 2. The Morgan fingerprint density at radius 3 is 2.17 bits per heavy atom. The fraction of sp³-hybridized carbons (Fsp3) is 0.556. The zero-order valence-corrected chi connectivity index (χ0v) is 9.67. The summed E-state index contributed by atoms with van der Waals surface area (Å²) < 4.78 is 43.6. The van der Waals surface area contributed by atoms with Crippen LogP contribution in [0.5, 0.6) is 0 Å². The maximum atomic E-state index is 12.1. The van der Waals surface area contributed by atoms with E-state index in [-0.39, 0.29) is 5.06 Å². The highest BCUT2D eigenvalue weighted by atomic mass is 32.2. The number of fused-ring (bicyclic) bond motifs is 5. The van der Waals surface area contributed by atoms with E-state index in [4.69, 9.17) is 4.74 Å². The van der Waals surface area contributed by atoms with Gasteiger partial charge in [-0.2, -0.15) is 8.42 Å². The molecule has 0 aromatic rings. The van der Waals surface area contributed by atoms with Crippen LogP contribution in [0.25, 0.3) is 0 Å². The second-order valence-corrected chi connectivity index (χ2v) is 5.70. The molecule has 4 atom stereocenters. The third kappa shape index (κ3) is 1.44. The fourth-order valence-electron chi connectivity index (χ4n) is 2.48. The molecule has 3 aliphatic rings. The third-order valence-corrected chi connectivity index (χ3v) is 3.84. The largest absolute Gasteiger partial charge is 0.365 e. The van der Waals surface area contributed by atoms with E-state index < -0.39 is 52.0 Å². The molecule has 0 aromatic carbocycles. The number of imide groups is 1. The Morgan fingerprint density at radius 2 is 1.72 bits per heavy atom. The monoisotopic (exact) mass is 277 g/mol.